The van der Waals surface area contributed by atoms with Crippen molar-refractivity contribution in [3.05, 3.63) is 18.2 Å². The third-order valence-electron chi connectivity index (χ3n) is 2.13. The molecule has 0 saturated carbocycles. The van der Waals surface area contributed by atoms with Crippen LogP contribution in [0.25, 0.3) is 0 Å². The average Bonchev–Trinajstić information content (AvgIpc) is 2.74. The lowest BCUT2D eigenvalue weighted by Crippen LogP contribution is -1.98. The third kappa shape index (κ3) is 1.96. The Bertz CT molecular complexity index is 459. The van der Waals surface area contributed by atoms with Crippen molar-refractivity contribution in [2.45, 2.75) is 10.9 Å². The Hall–Kier alpha value is -1.50. The molecule has 0 fully saturated rings. The Morgan fingerprint density at radius 3 is 2.73 bits per heavy atom. The quantitative estimate of drug-likeness (QED) is 0.765. The number of hydrogen-bond acceptors (Lipinski definition) is 5. The number of hydrogen-bond donors (Lipinski definition) is 1. The van der Waals surface area contributed by atoms with Gasteiger partial charge in [0.05, 0.1) is 6.33 Å². The molecule has 0 aliphatic heterocycles. The van der Waals surface area contributed by atoms with Gasteiger partial charge in [-0.25, -0.2) is 4.98 Å². The smallest absolute Gasteiger partial charge is 0.222 e. The fourth-order valence-electron chi connectivity index (χ4n) is 1.11. The molecule has 0 aromatic carbocycles. The van der Waals surface area contributed by atoms with E-state index >= 15 is 0 Å². The van der Waals surface area contributed by atoms with Crippen LogP contribution in [0, 0.1) is 0 Å². The van der Waals surface area contributed by atoms with E-state index in [2.05, 4.69) is 15.2 Å². The Labute approximate surface area is 91.5 Å². The second-order valence-corrected chi connectivity index (χ2v) is 4.13. The first-order valence-corrected chi connectivity index (χ1v) is 5.40. The summed E-state index contributed by atoms with van der Waals surface area (Å²) in [5, 5.41) is 8.57. The summed E-state index contributed by atoms with van der Waals surface area (Å²) in [6.45, 7) is 0. The topological polar surface area (TPSA) is 74.6 Å². The third-order valence-corrected chi connectivity index (χ3v) is 3.19. The van der Waals surface area contributed by atoms with Crippen molar-refractivity contribution in [1.82, 2.24) is 24.3 Å². The van der Waals surface area contributed by atoms with E-state index in [1.165, 1.54) is 0 Å². The molecule has 0 aliphatic carbocycles. The minimum Gasteiger partial charge on any atom is -0.368 e. The average molecular weight is 224 g/mol. The van der Waals surface area contributed by atoms with Crippen LogP contribution in [0.4, 0.5) is 5.95 Å². The molecule has 2 aromatic rings. The Balaban J connectivity index is 2.05. The summed E-state index contributed by atoms with van der Waals surface area (Å²) < 4.78 is 3.74. The molecule has 0 aliphatic rings. The summed E-state index contributed by atoms with van der Waals surface area (Å²) in [7, 11) is 3.81. The Kier molecular flexibility index (Phi) is 2.63. The summed E-state index contributed by atoms with van der Waals surface area (Å²) in [4.78, 5) is 4.04. The molecule has 0 bridgehead atoms. The van der Waals surface area contributed by atoms with Crippen LogP contribution in [0.5, 0.6) is 0 Å². The van der Waals surface area contributed by atoms with E-state index in [0.717, 1.165) is 16.6 Å². The molecule has 80 valence electrons. The van der Waals surface area contributed by atoms with Crippen LogP contribution >= 0.6 is 11.8 Å². The van der Waals surface area contributed by atoms with Crippen molar-refractivity contribution < 1.29 is 0 Å². The van der Waals surface area contributed by atoms with Gasteiger partial charge in [0.15, 0.2) is 5.16 Å². The van der Waals surface area contributed by atoms with E-state index in [9.17, 15) is 0 Å². The highest BCUT2D eigenvalue weighted by Crippen LogP contribution is 2.20. The van der Waals surface area contributed by atoms with Crippen molar-refractivity contribution in [1.29, 1.82) is 0 Å². The van der Waals surface area contributed by atoms with Gasteiger partial charge in [0, 0.05) is 31.7 Å². The van der Waals surface area contributed by atoms with Crippen LogP contribution in [-0.2, 0) is 19.8 Å². The number of nitrogen functional groups attached to an aromatic ring is 1. The molecule has 0 saturated heterocycles. The molecular formula is C8H12N6S. The summed E-state index contributed by atoms with van der Waals surface area (Å²) >= 11 is 1.59. The zero-order valence-corrected chi connectivity index (χ0v) is 9.40. The molecule has 2 heterocycles. The van der Waals surface area contributed by atoms with Crippen molar-refractivity contribution in [2.24, 2.45) is 14.1 Å². The van der Waals surface area contributed by atoms with E-state index in [-0.39, 0.29) is 0 Å². The van der Waals surface area contributed by atoms with Gasteiger partial charge >= 0.3 is 0 Å². The summed E-state index contributed by atoms with van der Waals surface area (Å²) in [5.41, 5.74) is 6.72. The van der Waals surface area contributed by atoms with Gasteiger partial charge in [-0.15, -0.1) is 10.2 Å². The van der Waals surface area contributed by atoms with E-state index in [4.69, 9.17) is 5.73 Å². The number of nitrogens with two attached hydrogens (primary N) is 1. The Morgan fingerprint density at radius 1 is 1.40 bits per heavy atom. The van der Waals surface area contributed by atoms with E-state index in [1.807, 2.05) is 24.9 Å². The molecule has 0 radical (unpaired) electrons. The number of aryl methyl sites for hydroxylation is 1. The van der Waals surface area contributed by atoms with Crippen LogP contribution in [0.1, 0.15) is 5.69 Å². The fourth-order valence-corrected chi connectivity index (χ4v) is 2.05. The van der Waals surface area contributed by atoms with Gasteiger partial charge in [-0.3, -0.25) is 4.57 Å². The predicted octanol–water partition coefficient (Wildman–Crippen LogP) is 0.423. The van der Waals surface area contributed by atoms with Crippen LogP contribution in [0.2, 0.25) is 0 Å². The molecule has 0 amide bonds. The number of anilines is 1. The van der Waals surface area contributed by atoms with Gasteiger partial charge in [0.1, 0.15) is 0 Å². The second kappa shape index (κ2) is 3.93. The predicted molar refractivity (Wildman–Crippen MR) is 58.2 cm³/mol. The molecule has 0 spiro atoms. The standard InChI is InChI=1S/C8H12N6S/c1-13-5-10-3-6(13)4-15-8-12-11-7(9)14(8)2/h3,5H,4H2,1-2H3,(H2,9,11). The van der Waals surface area contributed by atoms with E-state index in [0.29, 0.717) is 5.95 Å². The first kappa shape index (κ1) is 10.0. The zero-order chi connectivity index (χ0) is 10.8. The van der Waals surface area contributed by atoms with Crippen LogP contribution in [0.3, 0.4) is 0 Å². The van der Waals surface area contributed by atoms with E-state index < -0.39 is 0 Å². The SMILES string of the molecule is Cn1cncc1CSc1nnc(N)n1C. The maximum absolute atomic E-state index is 5.58. The first-order valence-electron chi connectivity index (χ1n) is 4.41. The van der Waals surface area contributed by atoms with Gasteiger partial charge in [-0.1, -0.05) is 11.8 Å². The van der Waals surface area contributed by atoms with Crippen LogP contribution < -0.4 is 5.73 Å². The van der Waals surface area contributed by atoms with E-state index in [1.54, 1.807) is 22.7 Å². The van der Waals surface area contributed by atoms with Gasteiger partial charge in [-0.05, 0) is 0 Å². The lowest BCUT2D eigenvalue weighted by Gasteiger charge is -2.01. The Morgan fingerprint density at radius 2 is 2.20 bits per heavy atom. The summed E-state index contributed by atoms with van der Waals surface area (Å²) in [6, 6.07) is 0. The minimum atomic E-state index is 0.433. The van der Waals surface area contributed by atoms with Crippen molar-refractivity contribution in [2.75, 3.05) is 5.73 Å². The first-order chi connectivity index (χ1) is 7.18. The fraction of sp³-hybridized carbons (Fsp3) is 0.375. The highest BCUT2D eigenvalue weighted by atomic mass is 32.2. The van der Waals surface area contributed by atoms with Crippen LogP contribution in [0.15, 0.2) is 17.7 Å². The molecule has 2 aromatic heterocycles. The monoisotopic (exact) mass is 224 g/mol. The van der Waals surface area contributed by atoms with Gasteiger partial charge in [-0.2, -0.15) is 0 Å². The van der Waals surface area contributed by atoms with Crippen LogP contribution in [-0.4, -0.2) is 24.3 Å². The molecule has 6 nitrogen and oxygen atoms in total. The molecule has 15 heavy (non-hydrogen) atoms. The molecule has 0 unspecified atom stereocenters. The normalized spacial score (nSPS) is 10.8. The summed E-state index contributed by atoms with van der Waals surface area (Å²) in [5.74, 6) is 1.24. The highest BCUT2D eigenvalue weighted by Gasteiger charge is 2.07. The number of imidazole rings is 1. The maximum atomic E-state index is 5.58. The zero-order valence-electron chi connectivity index (χ0n) is 8.58. The number of nitrogens with zero attached hydrogens (tertiary/aromatic N) is 5. The maximum Gasteiger partial charge on any atom is 0.222 e. The number of thioether (sulfide) groups is 1. The second-order valence-electron chi connectivity index (χ2n) is 3.18. The minimum absolute atomic E-state index is 0.433. The largest absolute Gasteiger partial charge is 0.368 e. The number of rotatable bonds is 3. The number of aromatic nitrogens is 5. The van der Waals surface area contributed by atoms with Gasteiger partial charge in [0.25, 0.3) is 0 Å². The molecular weight excluding hydrogens is 212 g/mol. The van der Waals surface area contributed by atoms with Crippen molar-refractivity contribution >= 4 is 17.7 Å². The highest BCUT2D eigenvalue weighted by molar-refractivity contribution is 7.98. The lowest BCUT2D eigenvalue weighted by molar-refractivity contribution is 0.793. The summed E-state index contributed by atoms with van der Waals surface area (Å²) in [6.07, 6.45) is 3.62. The van der Waals surface area contributed by atoms with Crippen molar-refractivity contribution in [3.8, 4) is 0 Å². The van der Waals surface area contributed by atoms with Gasteiger partial charge < -0.3 is 10.3 Å². The van der Waals surface area contributed by atoms with Gasteiger partial charge in [0.2, 0.25) is 5.95 Å². The molecule has 0 atom stereocenters. The van der Waals surface area contributed by atoms with Crippen molar-refractivity contribution in [3.63, 3.8) is 0 Å². The molecule has 2 rings (SSSR count). The molecule has 2 N–H and O–H groups in total. The lowest BCUT2D eigenvalue weighted by atomic mass is 10.5. The molecule has 7 heteroatoms.